The molecule has 18 heavy (non-hydrogen) atoms. The topological polar surface area (TPSA) is 35.6 Å². The minimum atomic E-state index is 0.143. The molecule has 1 rings (SSSR count). The minimum absolute atomic E-state index is 0.143. The van der Waals surface area contributed by atoms with Gasteiger partial charge in [-0.3, -0.25) is 9.69 Å². The molecule has 1 saturated heterocycles. The first-order valence-corrected chi connectivity index (χ1v) is 6.93. The lowest BCUT2D eigenvalue weighted by Gasteiger charge is -2.36. The number of hydrogen-bond acceptors (Lipinski definition) is 3. The van der Waals surface area contributed by atoms with Crippen LogP contribution in [-0.2, 0) is 4.79 Å². The molecule has 0 radical (unpaired) electrons. The fourth-order valence-corrected chi connectivity index (χ4v) is 2.03. The highest BCUT2D eigenvalue weighted by molar-refractivity contribution is 5.87. The van der Waals surface area contributed by atoms with Crippen molar-refractivity contribution in [1.29, 1.82) is 0 Å². The first-order valence-electron chi connectivity index (χ1n) is 6.93. The van der Waals surface area contributed by atoms with Crippen molar-refractivity contribution in [2.24, 2.45) is 0 Å². The zero-order valence-electron chi connectivity index (χ0n) is 12.1. The molecular formula is C14H27N3O. The molecule has 0 aromatic rings. The molecule has 0 aromatic carbocycles. The van der Waals surface area contributed by atoms with Gasteiger partial charge in [0.1, 0.15) is 0 Å². The van der Waals surface area contributed by atoms with Gasteiger partial charge in [-0.15, -0.1) is 0 Å². The predicted octanol–water partition coefficient (Wildman–Crippen LogP) is 1.09. The summed E-state index contributed by atoms with van der Waals surface area (Å²) >= 11 is 0. The van der Waals surface area contributed by atoms with Crippen LogP contribution in [-0.4, -0.2) is 60.5 Å². The molecule has 104 valence electrons. The van der Waals surface area contributed by atoms with E-state index in [0.717, 1.165) is 32.7 Å². The van der Waals surface area contributed by atoms with Crippen molar-refractivity contribution in [3.63, 3.8) is 0 Å². The first kappa shape index (κ1) is 15.2. The third kappa shape index (κ3) is 5.19. The van der Waals surface area contributed by atoms with Crippen molar-refractivity contribution in [3.05, 3.63) is 12.2 Å². The van der Waals surface area contributed by atoms with Crippen molar-refractivity contribution in [3.8, 4) is 0 Å². The average Bonchev–Trinajstić information content (AvgIpc) is 2.34. The zero-order chi connectivity index (χ0) is 13.5. The van der Waals surface area contributed by atoms with Crippen LogP contribution < -0.4 is 5.32 Å². The van der Waals surface area contributed by atoms with Crippen molar-refractivity contribution in [1.82, 2.24) is 15.1 Å². The van der Waals surface area contributed by atoms with Gasteiger partial charge in [0.2, 0.25) is 5.91 Å². The van der Waals surface area contributed by atoms with E-state index in [2.05, 4.69) is 37.9 Å². The second kappa shape index (κ2) is 7.54. The number of rotatable bonds is 5. The number of amides is 1. The summed E-state index contributed by atoms with van der Waals surface area (Å²) in [6.45, 7) is 13.0. The zero-order valence-corrected chi connectivity index (χ0v) is 12.1. The highest BCUT2D eigenvalue weighted by atomic mass is 16.2. The Hall–Kier alpha value is -0.870. The largest absolute Gasteiger partial charge is 0.337 e. The van der Waals surface area contributed by atoms with Gasteiger partial charge in [0.25, 0.3) is 0 Å². The summed E-state index contributed by atoms with van der Waals surface area (Å²) in [5, 5.41) is 3.26. The van der Waals surface area contributed by atoms with Crippen molar-refractivity contribution in [2.75, 3.05) is 32.7 Å². The summed E-state index contributed by atoms with van der Waals surface area (Å²) in [6, 6.07) is 1.03. The van der Waals surface area contributed by atoms with E-state index in [4.69, 9.17) is 0 Å². The Kier molecular flexibility index (Phi) is 6.36. The summed E-state index contributed by atoms with van der Waals surface area (Å²) in [4.78, 5) is 16.3. The summed E-state index contributed by atoms with van der Waals surface area (Å²) < 4.78 is 0. The number of nitrogens with zero attached hydrogens (tertiary/aromatic N) is 2. The molecule has 0 aliphatic carbocycles. The third-order valence-electron chi connectivity index (χ3n) is 3.26. The highest BCUT2D eigenvalue weighted by Gasteiger charge is 2.20. The molecule has 1 heterocycles. The Bertz CT molecular complexity index is 279. The fourth-order valence-electron chi connectivity index (χ4n) is 2.03. The fraction of sp³-hybridized carbons (Fsp3) is 0.786. The number of piperazine rings is 1. The maximum absolute atomic E-state index is 11.9. The second-order valence-electron chi connectivity index (χ2n) is 5.42. The van der Waals surface area contributed by atoms with Crippen LogP contribution in [0, 0.1) is 0 Å². The predicted molar refractivity (Wildman–Crippen MR) is 75.6 cm³/mol. The Morgan fingerprint density at radius 1 is 1.17 bits per heavy atom. The van der Waals surface area contributed by atoms with Crippen LogP contribution in [0.1, 0.15) is 27.7 Å². The molecule has 0 atom stereocenters. The molecule has 0 bridgehead atoms. The van der Waals surface area contributed by atoms with Gasteiger partial charge in [0.05, 0.1) is 0 Å². The summed E-state index contributed by atoms with van der Waals surface area (Å²) in [7, 11) is 0. The van der Waals surface area contributed by atoms with E-state index in [1.165, 1.54) is 0 Å². The Morgan fingerprint density at radius 2 is 1.78 bits per heavy atom. The monoisotopic (exact) mass is 253 g/mol. The average molecular weight is 253 g/mol. The molecule has 1 aliphatic heterocycles. The van der Waals surface area contributed by atoms with Gasteiger partial charge in [-0.05, 0) is 13.8 Å². The molecule has 1 aliphatic rings. The Labute approximate surface area is 111 Å². The lowest BCUT2D eigenvalue weighted by atomic mass is 10.2. The van der Waals surface area contributed by atoms with Crippen molar-refractivity contribution >= 4 is 5.91 Å². The number of nitrogens with one attached hydrogen (secondary N) is 1. The SMILES string of the molecule is CC(C)NC/C=C/C(=O)N1CCN(C(C)C)CC1. The molecule has 0 unspecified atom stereocenters. The van der Waals surface area contributed by atoms with Crippen LogP contribution in [0.15, 0.2) is 12.2 Å². The molecule has 0 aromatic heterocycles. The van der Waals surface area contributed by atoms with E-state index in [1.54, 1.807) is 6.08 Å². The molecule has 1 fully saturated rings. The van der Waals surface area contributed by atoms with E-state index in [0.29, 0.717) is 12.1 Å². The smallest absolute Gasteiger partial charge is 0.246 e. The molecular weight excluding hydrogens is 226 g/mol. The van der Waals surface area contributed by atoms with Crippen LogP contribution in [0.2, 0.25) is 0 Å². The van der Waals surface area contributed by atoms with Crippen LogP contribution >= 0.6 is 0 Å². The van der Waals surface area contributed by atoms with Gasteiger partial charge in [0.15, 0.2) is 0 Å². The van der Waals surface area contributed by atoms with Crippen LogP contribution in [0.3, 0.4) is 0 Å². The third-order valence-corrected chi connectivity index (χ3v) is 3.26. The molecule has 4 nitrogen and oxygen atoms in total. The number of carbonyl (C=O) groups is 1. The Balaban J connectivity index is 2.27. The van der Waals surface area contributed by atoms with Gasteiger partial charge in [-0.2, -0.15) is 0 Å². The van der Waals surface area contributed by atoms with E-state index in [9.17, 15) is 4.79 Å². The summed E-state index contributed by atoms with van der Waals surface area (Å²) in [5.74, 6) is 0.143. The van der Waals surface area contributed by atoms with Crippen molar-refractivity contribution in [2.45, 2.75) is 39.8 Å². The molecule has 1 amide bonds. The van der Waals surface area contributed by atoms with Gasteiger partial charge in [0, 0.05) is 50.9 Å². The lowest BCUT2D eigenvalue weighted by molar-refractivity contribution is -0.128. The molecule has 0 spiro atoms. The number of hydrogen-bond donors (Lipinski definition) is 1. The standard InChI is InChI=1S/C14H27N3O/c1-12(2)15-7-5-6-14(18)17-10-8-16(9-11-17)13(3)4/h5-6,12-13,15H,7-11H2,1-4H3/b6-5+. The van der Waals surface area contributed by atoms with Crippen molar-refractivity contribution < 1.29 is 4.79 Å². The maximum Gasteiger partial charge on any atom is 0.246 e. The summed E-state index contributed by atoms with van der Waals surface area (Å²) in [5.41, 5.74) is 0. The minimum Gasteiger partial charge on any atom is -0.337 e. The highest BCUT2D eigenvalue weighted by Crippen LogP contribution is 2.06. The van der Waals surface area contributed by atoms with Gasteiger partial charge >= 0.3 is 0 Å². The van der Waals surface area contributed by atoms with Gasteiger partial charge in [-0.1, -0.05) is 19.9 Å². The number of carbonyl (C=O) groups excluding carboxylic acids is 1. The van der Waals surface area contributed by atoms with E-state index in [-0.39, 0.29) is 5.91 Å². The molecule has 1 N–H and O–H groups in total. The Morgan fingerprint density at radius 3 is 2.28 bits per heavy atom. The maximum atomic E-state index is 11.9. The van der Waals surface area contributed by atoms with E-state index >= 15 is 0 Å². The van der Waals surface area contributed by atoms with Crippen LogP contribution in [0.5, 0.6) is 0 Å². The van der Waals surface area contributed by atoms with Gasteiger partial charge < -0.3 is 10.2 Å². The quantitative estimate of drug-likeness (QED) is 0.745. The normalized spacial score (nSPS) is 18.2. The lowest BCUT2D eigenvalue weighted by Crippen LogP contribution is -2.50. The summed E-state index contributed by atoms with van der Waals surface area (Å²) in [6.07, 6.45) is 3.61. The van der Waals surface area contributed by atoms with Crippen LogP contribution in [0.4, 0.5) is 0 Å². The first-order chi connectivity index (χ1) is 8.50. The van der Waals surface area contributed by atoms with Crippen LogP contribution in [0.25, 0.3) is 0 Å². The molecule has 0 saturated carbocycles. The van der Waals surface area contributed by atoms with E-state index in [1.807, 2.05) is 11.0 Å². The molecule has 4 heteroatoms. The second-order valence-corrected chi connectivity index (χ2v) is 5.42. The van der Waals surface area contributed by atoms with E-state index < -0.39 is 0 Å². The van der Waals surface area contributed by atoms with Gasteiger partial charge in [-0.25, -0.2) is 0 Å².